The summed E-state index contributed by atoms with van der Waals surface area (Å²) in [5, 5.41) is 4.20. The molecule has 0 bridgehead atoms. The molecule has 2 rings (SSSR count). The molecule has 1 heterocycles. The Morgan fingerprint density at radius 3 is 2.50 bits per heavy atom. The summed E-state index contributed by atoms with van der Waals surface area (Å²) in [4.78, 5) is 26.4. The van der Waals surface area contributed by atoms with Crippen LogP contribution in [0.5, 0.6) is 0 Å². The lowest BCUT2D eigenvalue weighted by atomic mass is 10.2. The fraction of sp³-hybridized carbons (Fsp3) is 0. The maximum absolute atomic E-state index is 12.7. The fourth-order valence-electron chi connectivity index (χ4n) is 1.21. The predicted molar refractivity (Wildman–Crippen MR) is 65.0 cm³/mol. The molecule has 2 aromatic rings. The number of rotatable bonds is 3. The second-order valence-electron chi connectivity index (χ2n) is 3.36. The van der Waals surface area contributed by atoms with Gasteiger partial charge in [-0.25, -0.2) is 9.37 Å². The molecule has 1 aromatic carbocycles. The van der Waals surface area contributed by atoms with Crippen LogP contribution >= 0.6 is 11.3 Å². The van der Waals surface area contributed by atoms with Crippen LogP contribution in [-0.4, -0.2) is 16.8 Å². The minimum absolute atomic E-state index is 0.0920. The molecule has 0 spiro atoms. The Morgan fingerprint density at radius 2 is 1.94 bits per heavy atom. The molecule has 0 unspecified atom stereocenters. The number of nitrogens with two attached hydrogens (primary N) is 1. The first-order chi connectivity index (χ1) is 8.56. The zero-order valence-corrected chi connectivity index (χ0v) is 9.83. The largest absolute Gasteiger partial charge is 0.364 e. The van der Waals surface area contributed by atoms with E-state index in [1.807, 2.05) is 0 Å². The molecule has 1 aromatic heterocycles. The van der Waals surface area contributed by atoms with Crippen molar-refractivity contribution in [3.05, 3.63) is 46.7 Å². The van der Waals surface area contributed by atoms with E-state index in [1.54, 1.807) is 0 Å². The number of thiazole rings is 1. The third-order valence-electron chi connectivity index (χ3n) is 2.08. The summed E-state index contributed by atoms with van der Waals surface area (Å²) >= 11 is 1.09. The van der Waals surface area contributed by atoms with Gasteiger partial charge in [0.1, 0.15) is 11.5 Å². The van der Waals surface area contributed by atoms with Crippen LogP contribution in [0.1, 0.15) is 20.8 Å². The molecular formula is C11H8FN3O2S. The minimum Gasteiger partial charge on any atom is -0.364 e. The molecule has 92 valence electrons. The van der Waals surface area contributed by atoms with E-state index in [0.717, 1.165) is 11.3 Å². The first kappa shape index (κ1) is 12.2. The molecule has 0 aliphatic rings. The van der Waals surface area contributed by atoms with Crippen molar-refractivity contribution in [1.29, 1.82) is 0 Å². The normalized spacial score (nSPS) is 10.1. The molecule has 0 radical (unpaired) electrons. The molecule has 0 saturated carbocycles. The van der Waals surface area contributed by atoms with Crippen molar-refractivity contribution in [3.8, 4) is 0 Å². The lowest BCUT2D eigenvalue weighted by molar-refractivity contribution is 0.0992. The third kappa shape index (κ3) is 2.69. The lowest BCUT2D eigenvalue weighted by Crippen LogP contribution is -2.14. The summed E-state index contributed by atoms with van der Waals surface area (Å²) < 4.78 is 12.7. The highest BCUT2D eigenvalue weighted by molar-refractivity contribution is 7.14. The van der Waals surface area contributed by atoms with Crippen LogP contribution in [-0.2, 0) is 0 Å². The van der Waals surface area contributed by atoms with Crippen molar-refractivity contribution >= 4 is 28.3 Å². The maximum atomic E-state index is 12.7. The highest BCUT2D eigenvalue weighted by Gasteiger charge is 2.11. The van der Waals surface area contributed by atoms with Gasteiger partial charge in [-0.2, -0.15) is 0 Å². The zero-order valence-electron chi connectivity index (χ0n) is 9.01. The topological polar surface area (TPSA) is 85.1 Å². The first-order valence-electron chi connectivity index (χ1n) is 4.88. The number of anilines is 1. The number of hydrogen-bond acceptors (Lipinski definition) is 4. The number of nitrogens with zero attached hydrogens (tertiary/aromatic N) is 1. The summed E-state index contributed by atoms with van der Waals surface area (Å²) in [7, 11) is 0. The van der Waals surface area contributed by atoms with Crippen molar-refractivity contribution in [2.45, 2.75) is 0 Å². The van der Waals surface area contributed by atoms with E-state index in [0.29, 0.717) is 5.56 Å². The fourth-order valence-corrected chi connectivity index (χ4v) is 1.91. The smallest absolute Gasteiger partial charge is 0.268 e. The number of primary amides is 1. The van der Waals surface area contributed by atoms with Gasteiger partial charge in [0.25, 0.3) is 11.8 Å². The van der Waals surface area contributed by atoms with Crippen LogP contribution < -0.4 is 11.1 Å². The molecule has 18 heavy (non-hydrogen) atoms. The summed E-state index contributed by atoms with van der Waals surface area (Å²) in [6.07, 6.45) is 0. The first-order valence-corrected chi connectivity index (χ1v) is 5.76. The van der Waals surface area contributed by atoms with E-state index in [2.05, 4.69) is 10.3 Å². The number of aromatic nitrogens is 1. The summed E-state index contributed by atoms with van der Waals surface area (Å²) in [5.41, 5.74) is 5.43. The Morgan fingerprint density at radius 1 is 1.28 bits per heavy atom. The molecule has 0 atom stereocenters. The van der Waals surface area contributed by atoms with E-state index in [4.69, 9.17) is 5.73 Å². The Kier molecular flexibility index (Phi) is 3.33. The van der Waals surface area contributed by atoms with Crippen molar-refractivity contribution in [1.82, 2.24) is 4.98 Å². The average molecular weight is 265 g/mol. The summed E-state index contributed by atoms with van der Waals surface area (Å²) in [6.45, 7) is 0. The number of carbonyl (C=O) groups excluding carboxylic acids is 2. The average Bonchev–Trinajstić information content (AvgIpc) is 2.78. The van der Waals surface area contributed by atoms with Crippen LogP contribution in [0.25, 0.3) is 0 Å². The van der Waals surface area contributed by atoms with Crippen LogP contribution in [0.15, 0.2) is 29.6 Å². The molecular weight excluding hydrogens is 257 g/mol. The number of hydrogen-bond donors (Lipinski definition) is 2. The van der Waals surface area contributed by atoms with Gasteiger partial charge < -0.3 is 5.73 Å². The van der Waals surface area contributed by atoms with Crippen molar-refractivity contribution < 1.29 is 14.0 Å². The quantitative estimate of drug-likeness (QED) is 0.884. The highest BCUT2D eigenvalue weighted by Crippen LogP contribution is 2.16. The van der Waals surface area contributed by atoms with Crippen LogP contribution in [0.3, 0.4) is 0 Å². The van der Waals surface area contributed by atoms with Gasteiger partial charge in [0.2, 0.25) is 0 Å². The monoisotopic (exact) mass is 265 g/mol. The minimum atomic E-state index is -0.659. The summed E-state index contributed by atoms with van der Waals surface area (Å²) in [6, 6.07) is 5.08. The molecule has 5 nitrogen and oxygen atoms in total. The van der Waals surface area contributed by atoms with Gasteiger partial charge in [0, 0.05) is 10.9 Å². The van der Waals surface area contributed by atoms with Crippen molar-refractivity contribution in [3.63, 3.8) is 0 Å². The van der Waals surface area contributed by atoms with Gasteiger partial charge in [0.05, 0.1) is 0 Å². The van der Waals surface area contributed by atoms with Gasteiger partial charge in [-0.15, -0.1) is 11.3 Å². The Bertz CT molecular complexity index is 595. The van der Waals surface area contributed by atoms with Gasteiger partial charge >= 0.3 is 0 Å². The van der Waals surface area contributed by atoms with E-state index in [9.17, 15) is 14.0 Å². The van der Waals surface area contributed by atoms with Gasteiger partial charge in [-0.05, 0) is 24.3 Å². The van der Waals surface area contributed by atoms with E-state index in [-0.39, 0.29) is 10.8 Å². The molecule has 2 amide bonds. The molecule has 0 aliphatic carbocycles. The second kappa shape index (κ2) is 4.92. The Balaban J connectivity index is 2.11. The Labute approximate surface area is 105 Å². The molecule has 7 heteroatoms. The molecule has 0 fully saturated rings. The number of benzene rings is 1. The van der Waals surface area contributed by atoms with Crippen LogP contribution in [0, 0.1) is 5.82 Å². The number of nitrogens with one attached hydrogen (secondary N) is 1. The van der Waals surface area contributed by atoms with Crippen molar-refractivity contribution in [2.24, 2.45) is 5.73 Å². The zero-order chi connectivity index (χ0) is 13.1. The number of amides is 2. The molecule has 3 N–H and O–H groups in total. The third-order valence-corrected chi connectivity index (χ3v) is 2.84. The van der Waals surface area contributed by atoms with Gasteiger partial charge in [-0.3, -0.25) is 14.9 Å². The predicted octanol–water partition coefficient (Wildman–Crippen LogP) is 1.63. The standard InChI is InChI=1S/C11H8FN3O2S/c12-7-3-1-6(2-4-7)10(17)15-11-14-8(5-18-11)9(13)16/h1-5H,(H2,13,16)(H,14,15,17). The lowest BCUT2D eigenvalue weighted by Gasteiger charge is -2.00. The van der Waals surface area contributed by atoms with Crippen LogP contribution in [0.4, 0.5) is 9.52 Å². The number of carbonyl (C=O) groups is 2. The maximum Gasteiger partial charge on any atom is 0.268 e. The van der Waals surface area contributed by atoms with Gasteiger partial charge in [-0.1, -0.05) is 0 Å². The van der Waals surface area contributed by atoms with Crippen molar-refractivity contribution in [2.75, 3.05) is 5.32 Å². The molecule has 0 saturated heterocycles. The van der Waals surface area contributed by atoms with E-state index >= 15 is 0 Å². The van der Waals surface area contributed by atoms with E-state index < -0.39 is 17.6 Å². The second-order valence-corrected chi connectivity index (χ2v) is 4.22. The Hall–Kier alpha value is -2.28. The van der Waals surface area contributed by atoms with E-state index in [1.165, 1.54) is 29.6 Å². The molecule has 0 aliphatic heterocycles. The highest BCUT2D eigenvalue weighted by atomic mass is 32.1. The van der Waals surface area contributed by atoms with Gasteiger partial charge in [0.15, 0.2) is 5.13 Å². The number of halogens is 1. The SMILES string of the molecule is NC(=O)c1csc(NC(=O)c2ccc(F)cc2)n1. The van der Waals surface area contributed by atoms with Crippen LogP contribution in [0.2, 0.25) is 0 Å². The summed E-state index contributed by atoms with van der Waals surface area (Å²) in [5.74, 6) is -1.51.